The summed E-state index contributed by atoms with van der Waals surface area (Å²) in [6.07, 6.45) is 3.64. The van der Waals surface area contributed by atoms with Crippen molar-refractivity contribution in [3.8, 4) is 22.8 Å². The maximum atomic E-state index is 5.44. The molecule has 5 heteroatoms. The molecule has 3 N–H and O–H groups in total. The van der Waals surface area contributed by atoms with Crippen molar-refractivity contribution in [3.05, 3.63) is 47.5 Å². The largest absolute Gasteiger partial charge is 0.493 e. The molecule has 5 rings (SSSR count). The molecular formula is C21H21N3O2. The topological polar surface area (TPSA) is 62.1 Å². The van der Waals surface area contributed by atoms with E-state index in [1.165, 1.54) is 30.4 Å². The van der Waals surface area contributed by atoms with Gasteiger partial charge in [0.25, 0.3) is 0 Å². The zero-order valence-corrected chi connectivity index (χ0v) is 14.9. The van der Waals surface area contributed by atoms with Crippen molar-refractivity contribution in [1.29, 1.82) is 0 Å². The van der Waals surface area contributed by atoms with Gasteiger partial charge in [-0.25, -0.2) is 0 Å². The van der Waals surface area contributed by atoms with Crippen LogP contribution in [0.2, 0.25) is 0 Å². The number of aromatic nitrogens is 2. The van der Waals surface area contributed by atoms with Crippen LogP contribution in [-0.4, -0.2) is 24.4 Å². The first-order valence-corrected chi connectivity index (χ1v) is 8.90. The molecule has 1 aliphatic heterocycles. The van der Waals surface area contributed by atoms with Gasteiger partial charge in [0.15, 0.2) is 11.5 Å². The highest BCUT2D eigenvalue weighted by molar-refractivity contribution is 6.05. The summed E-state index contributed by atoms with van der Waals surface area (Å²) in [5.74, 6) is 2.44. The maximum Gasteiger partial charge on any atom is 0.161 e. The van der Waals surface area contributed by atoms with E-state index >= 15 is 0 Å². The van der Waals surface area contributed by atoms with Gasteiger partial charge in [0, 0.05) is 16.6 Å². The minimum atomic E-state index is 0.732. The molecule has 0 bridgehead atoms. The average molecular weight is 347 g/mol. The number of fused-ring (bicyclic) bond motifs is 4. The molecule has 5 nitrogen and oxygen atoms in total. The van der Waals surface area contributed by atoms with Crippen molar-refractivity contribution in [2.24, 2.45) is 0 Å². The molecule has 0 radical (unpaired) electrons. The van der Waals surface area contributed by atoms with Gasteiger partial charge in [-0.05, 0) is 66.1 Å². The van der Waals surface area contributed by atoms with Crippen LogP contribution in [0.1, 0.15) is 17.5 Å². The molecule has 3 aliphatic rings. The number of aryl methyl sites for hydroxylation is 2. The number of hydrogen-bond acceptors (Lipinski definition) is 3. The molecule has 0 amide bonds. The highest BCUT2D eigenvalue weighted by Crippen LogP contribution is 2.42. The van der Waals surface area contributed by atoms with Crippen LogP contribution >= 0.6 is 0 Å². The molecule has 26 heavy (non-hydrogen) atoms. The summed E-state index contributed by atoms with van der Waals surface area (Å²) in [6.45, 7) is 0. The highest BCUT2D eigenvalue weighted by atomic mass is 16.5. The summed E-state index contributed by atoms with van der Waals surface area (Å²) in [5.41, 5.74) is 6.24. The summed E-state index contributed by atoms with van der Waals surface area (Å²) < 4.78 is 10.9. The van der Waals surface area contributed by atoms with Gasteiger partial charge >= 0.3 is 0 Å². The Balaban J connectivity index is 1.55. The fourth-order valence-electron chi connectivity index (χ4n) is 4.02. The lowest BCUT2D eigenvalue weighted by Crippen LogP contribution is -1.93. The molecule has 2 aromatic carbocycles. The normalized spacial score (nSPS) is 13.3. The van der Waals surface area contributed by atoms with Gasteiger partial charge in [-0.1, -0.05) is 6.07 Å². The van der Waals surface area contributed by atoms with Gasteiger partial charge in [-0.3, -0.25) is 10.2 Å². The standard InChI is InChI=1S/C21H21N3O2/c1-25-18-10-14-9-17-20(16(14)11-19(18)26-2)23-24-21(17)22-15-7-6-12-4-3-5-13(12)8-15/h6-11,22-24H,3-5H2,1-2H3. The molecule has 0 aromatic heterocycles. The van der Waals surface area contributed by atoms with Gasteiger partial charge in [-0.15, -0.1) is 0 Å². The van der Waals surface area contributed by atoms with Crippen molar-refractivity contribution in [2.45, 2.75) is 19.3 Å². The zero-order valence-electron chi connectivity index (χ0n) is 14.9. The van der Waals surface area contributed by atoms with Crippen LogP contribution < -0.4 is 14.8 Å². The second-order valence-corrected chi connectivity index (χ2v) is 6.81. The second kappa shape index (κ2) is 5.73. The molecular weight excluding hydrogens is 326 g/mol. The fraction of sp³-hybridized carbons (Fsp3) is 0.238. The van der Waals surface area contributed by atoms with E-state index in [1.807, 2.05) is 12.1 Å². The Hall–Kier alpha value is -3.08. The Bertz CT molecular complexity index is 1080. The number of rotatable bonds is 4. The summed E-state index contributed by atoms with van der Waals surface area (Å²) in [6, 6.07) is 12.9. The van der Waals surface area contributed by atoms with Crippen molar-refractivity contribution in [2.75, 3.05) is 19.5 Å². The quantitative estimate of drug-likeness (QED) is 0.494. The molecule has 0 saturated carbocycles. The third-order valence-corrected chi connectivity index (χ3v) is 5.34. The third-order valence-electron chi connectivity index (χ3n) is 5.34. The molecule has 2 aliphatic carbocycles. The lowest BCUT2D eigenvalue weighted by Gasteiger charge is -2.07. The Morgan fingerprint density at radius 3 is 2.54 bits per heavy atom. The number of aromatic amines is 2. The van der Waals surface area contributed by atoms with Crippen LogP contribution in [-0.2, 0) is 12.8 Å². The second-order valence-electron chi connectivity index (χ2n) is 6.81. The van der Waals surface area contributed by atoms with Crippen LogP contribution in [0.3, 0.4) is 0 Å². The van der Waals surface area contributed by atoms with E-state index in [0.29, 0.717) is 0 Å². The van der Waals surface area contributed by atoms with Crippen LogP contribution in [0, 0.1) is 0 Å². The van der Waals surface area contributed by atoms with E-state index in [-0.39, 0.29) is 0 Å². The smallest absolute Gasteiger partial charge is 0.161 e. The number of ether oxygens (including phenoxy) is 2. The number of benzene rings is 2. The predicted octanol–water partition coefficient (Wildman–Crippen LogP) is 4.85. The Morgan fingerprint density at radius 2 is 1.69 bits per heavy atom. The Kier molecular flexibility index (Phi) is 3.35. The van der Waals surface area contributed by atoms with Crippen molar-refractivity contribution in [3.63, 3.8) is 0 Å². The molecule has 0 fully saturated rings. The van der Waals surface area contributed by atoms with E-state index in [2.05, 4.69) is 39.8 Å². The lowest BCUT2D eigenvalue weighted by molar-refractivity contribution is 0.356. The van der Waals surface area contributed by atoms with Gasteiger partial charge < -0.3 is 14.8 Å². The average Bonchev–Trinajstić information content (AvgIpc) is 3.36. The monoisotopic (exact) mass is 347 g/mol. The van der Waals surface area contributed by atoms with Gasteiger partial charge in [-0.2, -0.15) is 0 Å². The molecule has 132 valence electrons. The SMILES string of the molecule is COc1cc2cc3c(Nc4ccc5c(c4)CCC5)[nH][nH]c-3c2cc1OC. The lowest BCUT2D eigenvalue weighted by atomic mass is 10.1. The minimum absolute atomic E-state index is 0.732. The fourth-order valence-corrected chi connectivity index (χ4v) is 4.02. The molecule has 2 aromatic rings. The van der Waals surface area contributed by atoms with E-state index in [1.54, 1.807) is 14.2 Å². The molecule has 0 saturated heterocycles. The third kappa shape index (κ3) is 2.24. The summed E-state index contributed by atoms with van der Waals surface area (Å²) >= 11 is 0. The van der Waals surface area contributed by atoms with Gasteiger partial charge in [0.2, 0.25) is 0 Å². The van der Waals surface area contributed by atoms with Gasteiger partial charge in [0.05, 0.1) is 19.9 Å². The van der Waals surface area contributed by atoms with Crippen LogP contribution in [0.15, 0.2) is 36.4 Å². The Labute approximate surface area is 151 Å². The van der Waals surface area contributed by atoms with Crippen molar-refractivity contribution < 1.29 is 9.47 Å². The number of methoxy groups -OCH3 is 2. The molecule has 1 heterocycles. The minimum Gasteiger partial charge on any atom is -0.493 e. The van der Waals surface area contributed by atoms with Crippen LogP contribution in [0.4, 0.5) is 11.5 Å². The van der Waals surface area contributed by atoms with Crippen LogP contribution in [0.25, 0.3) is 22.0 Å². The highest BCUT2D eigenvalue weighted by Gasteiger charge is 2.20. The zero-order chi connectivity index (χ0) is 17.7. The Morgan fingerprint density at radius 1 is 0.885 bits per heavy atom. The first kappa shape index (κ1) is 15.2. The summed E-state index contributed by atoms with van der Waals surface area (Å²) in [4.78, 5) is 0. The number of hydrogen-bond donors (Lipinski definition) is 3. The van der Waals surface area contributed by atoms with E-state index in [9.17, 15) is 0 Å². The van der Waals surface area contributed by atoms with Crippen LogP contribution in [0.5, 0.6) is 11.5 Å². The predicted molar refractivity (Wildman–Crippen MR) is 104 cm³/mol. The first-order valence-electron chi connectivity index (χ1n) is 8.90. The number of H-pyrrole nitrogens is 2. The van der Waals surface area contributed by atoms with Crippen molar-refractivity contribution >= 4 is 22.3 Å². The van der Waals surface area contributed by atoms with Crippen molar-refractivity contribution in [1.82, 2.24) is 10.2 Å². The molecule has 0 atom stereocenters. The number of anilines is 2. The first-order chi connectivity index (χ1) is 12.8. The molecule has 0 spiro atoms. The van der Waals surface area contributed by atoms with Gasteiger partial charge in [0.1, 0.15) is 5.82 Å². The maximum absolute atomic E-state index is 5.44. The summed E-state index contributed by atoms with van der Waals surface area (Å²) in [5, 5.41) is 12.3. The van der Waals surface area contributed by atoms with E-state index in [0.717, 1.165) is 45.0 Å². The summed E-state index contributed by atoms with van der Waals surface area (Å²) in [7, 11) is 3.32. The molecule has 0 unspecified atom stereocenters. The van der Waals surface area contributed by atoms with E-state index < -0.39 is 0 Å². The number of nitrogens with one attached hydrogen (secondary N) is 3. The van der Waals surface area contributed by atoms with E-state index in [4.69, 9.17) is 9.47 Å².